The smallest absolute Gasteiger partial charge is 0.325 e. The fourth-order valence-electron chi connectivity index (χ4n) is 4.14. The number of aliphatic carboxylic acids is 1. The quantitative estimate of drug-likeness (QED) is 0.712. The monoisotopic (exact) mass is 404 g/mol. The minimum absolute atomic E-state index is 0.158. The number of rotatable bonds is 4. The van der Waals surface area contributed by atoms with Crippen LogP contribution < -0.4 is 9.64 Å². The molecule has 152 valence electrons. The Morgan fingerprint density at radius 1 is 1.17 bits per heavy atom. The van der Waals surface area contributed by atoms with Gasteiger partial charge in [0.05, 0.1) is 12.2 Å². The van der Waals surface area contributed by atoms with E-state index in [-0.39, 0.29) is 6.54 Å². The molecule has 0 atom stereocenters. The van der Waals surface area contributed by atoms with Crippen molar-refractivity contribution in [2.75, 3.05) is 18.1 Å². The Morgan fingerprint density at radius 3 is 2.67 bits per heavy atom. The first-order valence-electron chi connectivity index (χ1n) is 9.64. The van der Waals surface area contributed by atoms with Crippen LogP contribution in [0.5, 0.6) is 5.88 Å². The van der Waals surface area contributed by atoms with Gasteiger partial charge in [0.25, 0.3) is 0 Å². The highest BCUT2D eigenvalue weighted by molar-refractivity contribution is 6.20. The molecular formula is C21H20N6O3. The first-order chi connectivity index (χ1) is 14.4. The van der Waals surface area contributed by atoms with E-state index in [2.05, 4.69) is 50.9 Å². The second-order valence-electron chi connectivity index (χ2n) is 7.49. The molecule has 0 aliphatic carbocycles. The van der Waals surface area contributed by atoms with Crippen molar-refractivity contribution in [3.63, 3.8) is 0 Å². The molecule has 0 fully saturated rings. The van der Waals surface area contributed by atoms with Gasteiger partial charge in [0.15, 0.2) is 11.7 Å². The number of nitrogens with zero attached hydrogens (tertiary/aromatic N) is 6. The second-order valence-corrected chi connectivity index (χ2v) is 7.49. The zero-order valence-corrected chi connectivity index (χ0v) is 16.9. The number of hydrogen-bond donors (Lipinski definition) is 1. The van der Waals surface area contributed by atoms with Crippen LogP contribution in [0.25, 0.3) is 11.1 Å². The Morgan fingerprint density at radius 2 is 1.93 bits per heavy atom. The summed E-state index contributed by atoms with van der Waals surface area (Å²) in [6.07, 6.45) is 3.27. The molecule has 0 amide bonds. The minimum Gasteiger partial charge on any atom is -0.480 e. The minimum atomic E-state index is -0.916. The van der Waals surface area contributed by atoms with E-state index >= 15 is 0 Å². The van der Waals surface area contributed by atoms with Crippen LogP contribution in [-0.4, -0.2) is 49.8 Å². The molecule has 0 radical (unpaired) electrons. The summed E-state index contributed by atoms with van der Waals surface area (Å²) >= 11 is 0. The van der Waals surface area contributed by atoms with Crippen molar-refractivity contribution in [3.05, 3.63) is 47.0 Å². The molecule has 30 heavy (non-hydrogen) atoms. The second kappa shape index (κ2) is 6.65. The zero-order chi connectivity index (χ0) is 21.0. The van der Waals surface area contributed by atoms with Crippen LogP contribution in [-0.2, 0) is 11.3 Å². The van der Waals surface area contributed by atoms with Gasteiger partial charge in [0.1, 0.15) is 25.0 Å². The fraction of sp³-hybridized carbons (Fsp3) is 0.286. The van der Waals surface area contributed by atoms with E-state index in [4.69, 9.17) is 9.84 Å². The van der Waals surface area contributed by atoms with Crippen molar-refractivity contribution < 1.29 is 14.6 Å². The van der Waals surface area contributed by atoms with E-state index in [0.29, 0.717) is 24.8 Å². The molecule has 0 bridgehead atoms. The molecule has 1 N–H and O–H groups in total. The zero-order valence-electron chi connectivity index (χ0n) is 16.9. The lowest BCUT2D eigenvalue weighted by atomic mass is 9.95. The van der Waals surface area contributed by atoms with E-state index in [1.54, 1.807) is 6.20 Å². The Hall–Kier alpha value is -3.75. The predicted molar refractivity (Wildman–Crippen MR) is 111 cm³/mol. The molecule has 2 aromatic heterocycles. The lowest BCUT2D eigenvalue weighted by Gasteiger charge is -2.29. The molecule has 0 saturated carbocycles. The third kappa shape index (κ3) is 2.81. The van der Waals surface area contributed by atoms with Gasteiger partial charge in [-0.15, -0.1) is 0 Å². The SMILES string of the molecule is Cc1cc(N2CCOc3ncnc4c3C2=N4)cc(C)c1-c1cn(CC(=O)O)nc1C. The lowest BCUT2D eigenvalue weighted by molar-refractivity contribution is -0.137. The molecular weight excluding hydrogens is 384 g/mol. The van der Waals surface area contributed by atoms with Crippen molar-refractivity contribution in [1.82, 2.24) is 19.7 Å². The maximum atomic E-state index is 11.0. The molecule has 3 aromatic rings. The van der Waals surface area contributed by atoms with Crippen molar-refractivity contribution >= 4 is 23.3 Å². The number of carboxylic acids is 1. The Balaban J connectivity index is 1.53. The van der Waals surface area contributed by atoms with Gasteiger partial charge in [0.2, 0.25) is 5.88 Å². The van der Waals surface area contributed by atoms with Crippen LogP contribution in [0.3, 0.4) is 0 Å². The molecule has 0 unspecified atom stereocenters. The third-order valence-electron chi connectivity index (χ3n) is 5.38. The largest absolute Gasteiger partial charge is 0.480 e. The standard InChI is InChI=1S/C21H20N6O3/c1-11-6-14(27-4-5-30-21-18-19(22-10-23-21)24-20(18)27)7-12(2)17(11)15-8-26(9-16(28)29)25-13(15)3/h6-8,10H,4-5,9H2,1-3H3,(H,28,29). The molecule has 9 heteroatoms. The summed E-state index contributed by atoms with van der Waals surface area (Å²) in [4.78, 5) is 26.1. The number of amidine groups is 1. The number of anilines is 1. The molecule has 2 aliphatic heterocycles. The Kier molecular flexibility index (Phi) is 4.05. The third-order valence-corrected chi connectivity index (χ3v) is 5.38. The summed E-state index contributed by atoms with van der Waals surface area (Å²) in [7, 11) is 0. The first kappa shape index (κ1) is 18.3. The van der Waals surface area contributed by atoms with Crippen LogP contribution in [0.15, 0.2) is 29.6 Å². The van der Waals surface area contributed by atoms with Crippen molar-refractivity contribution in [2.24, 2.45) is 4.99 Å². The number of aryl methyl sites for hydroxylation is 3. The number of hydrogen-bond acceptors (Lipinski definition) is 7. The molecule has 9 nitrogen and oxygen atoms in total. The number of aliphatic imine (C=N–C) groups is 1. The van der Waals surface area contributed by atoms with E-state index < -0.39 is 5.97 Å². The van der Waals surface area contributed by atoms with Gasteiger partial charge >= 0.3 is 5.97 Å². The molecule has 0 spiro atoms. The van der Waals surface area contributed by atoms with E-state index in [1.807, 2.05) is 6.92 Å². The van der Waals surface area contributed by atoms with Crippen molar-refractivity contribution in [1.29, 1.82) is 0 Å². The molecule has 4 heterocycles. The van der Waals surface area contributed by atoms with Crippen LogP contribution in [0, 0.1) is 20.8 Å². The van der Waals surface area contributed by atoms with Crippen LogP contribution >= 0.6 is 0 Å². The summed E-state index contributed by atoms with van der Waals surface area (Å²) in [5, 5.41) is 13.4. The number of benzene rings is 1. The molecule has 5 rings (SSSR count). The van der Waals surface area contributed by atoms with Crippen molar-refractivity contribution in [2.45, 2.75) is 27.3 Å². The number of carbonyl (C=O) groups is 1. The normalized spacial score (nSPS) is 14.4. The maximum absolute atomic E-state index is 11.0. The summed E-state index contributed by atoms with van der Waals surface area (Å²) < 4.78 is 7.25. The van der Waals surface area contributed by atoms with Gasteiger partial charge in [-0.3, -0.25) is 9.48 Å². The summed E-state index contributed by atoms with van der Waals surface area (Å²) in [6, 6.07) is 4.23. The predicted octanol–water partition coefficient (Wildman–Crippen LogP) is 2.64. The fourth-order valence-corrected chi connectivity index (χ4v) is 4.14. The van der Waals surface area contributed by atoms with Crippen LogP contribution in [0.4, 0.5) is 11.5 Å². The van der Waals surface area contributed by atoms with Crippen LogP contribution in [0.1, 0.15) is 22.4 Å². The van der Waals surface area contributed by atoms with Gasteiger partial charge in [-0.25, -0.2) is 15.0 Å². The van der Waals surface area contributed by atoms with Gasteiger partial charge in [0, 0.05) is 17.4 Å². The van der Waals surface area contributed by atoms with Crippen LogP contribution in [0.2, 0.25) is 0 Å². The Bertz CT molecular complexity index is 1210. The van der Waals surface area contributed by atoms with Gasteiger partial charge < -0.3 is 14.7 Å². The first-order valence-corrected chi connectivity index (χ1v) is 9.64. The summed E-state index contributed by atoms with van der Waals surface area (Å²) in [5.41, 5.74) is 6.86. The highest BCUT2D eigenvalue weighted by atomic mass is 16.5. The lowest BCUT2D eigenvalue weighted by Crippen LogP contribution is -2.36. The number of carboxylic acid groups (broad SMARTS) is 1. The van der Waals surface area contributed by atoms with Gasteiger partial charge in [-0.05, 0) is 49.6 Å². The number of aromatic nitrogens is 4. The van der Waals surface area contributed by atoms with E-state index in [0.717, 1.165) is 45.0 Å². The van der Waals surface area contributed by atoms with E-state index in [9.17, 15) is 4.79 Å². The topological polar surface area (TPSA) is 106 Å². The molecule has 0 saturated heterocycles. The van der Waals surface area contributed by atoms with Gasteiger partial charge in [-0.1, -0.05) is 0 Å². The number of ether oxygens (including phenoxy) is 1. The highest BCUT2D eigenvalue weighted by Gasteiger charge is 2.34. The van der Waals surface area contributed by atoms with E-state index in [1.165, 1.54) is 11.0 Å². The van der Waals surface area contributed by atoms with Gasteiger partial charge in [-0.2, -0.15) is 5.10 Å². The van der Waals surface area contributed by atoms with Crippen molar-refractivity contribution in [3.8, 4) is 17.0 Å². The summed E-state index contributed by atoms with van der Waals surface area (Å²) in [6.45, 7) is 7.01. The average molecular weight is 404 g/mol. The maximum Gasteiger partial charge on any atom is 0.325 e. The molecule has 1 aromatic carbocycles. The summed E-state index contributed by atoms with van der Waals surface area (Å²) in [5.74, 6) is 1.16. The highest BCUT2D eigenvalue weighted by Crippen LogP contribution is 2.39. The Labute approximate surface area is 172 Å². The molecule has 2 aliphatic rings. The average Bonchev–Trinajstić information content (AvgIpc) is 2.90.